The van der Waals surface area contributed by atoms with E-state index in [1.165, 1.54) is 16.8 Å². The van der Waals surface area contributed by atoms with Crippen LogP contribution in [0.25, 0.3) is 5.69 Å². The lowest BCUT2D eigenvalue weighted by atomic mass is 10.2. The summed E-state index contributed by atoms with van der Waals surface area (Å²) in [6, 6.07) is 10.2. The molecular formula is C15H11F3N4. The quantitative estimate of drug-likeness (QED) is 0.794. The Bertz CT molecular complexity index is 748. The predicted octanol–water partition coefficient (Wildman–Crippen LogP) is 4.03. The SMILES string of the molecule is FC(F)(F)c1ccc(-n2ccc(Nc3cccnc3)n2)cc1. The topological polar surface area (TPSA) is 42.7 Å². The maximum atomic E-state index is 12.5. The van der Waals surface area contributed by atoms with Gasteiger partial charge >= 0.3 is 6.18 Å². The van der Waals surface area contributed by atoms with E-state index in [1.54, 1.807) is 30.7 Å². The van der Waals surface area contributed by atoms with Crippen molar-refractivity contribution in [3.05, 3.63) is 66.6 Å². The van der Waals surface area contributed by atoms with Crippen molar-refractivity contribution in [2.75, 3.05) is 5.32 Å². The van der Waals surface area contributed by atoms with Crippen molar-refractivity contribution in [1.29, 1.82) is 0 Å². The molecule has 0 spiro atoms. The van der Waals surface area contributed by atoms with Gasteiger partial charge in [0.2, 0.25) is 0 Å². The van der Waals surface area contributed by atoms with E-state index in [2.05, 4.69) is 15.4 Å². The first-order chi connectivity index (χ1) is 10.5. The highest BCUT2D eigenvalue weighted by Gasteiger charge is 2.29. The van der Waals surface area contributed by atoms with Gasteiger partial charge in [-0.25, -0.2) is 4.68 Å². The fraction of sp³-hybridized carbons (Fsp3) is 0.0667. The van der Waals surface area contributed by atoms with Gasteiger partial charge in [-0.15, -0.1) is 0 Å². The van der Waals surface area contributed by atoms with E-state index < -0.39 is 11.7 Å². The second-order valence-corrected chi connectivity index (χ2v) is 4.56. The van der Waals surface area contributed by atoms with Crippen LogP contribution in [-0.2, 0) is 6.18 Å². The second kappa shape index (κ2) is 5.51. The number of alkyl halides is 3. The monoisotopic (exact) mass is 304 g/mol. The molecule has 22 heavy (non-hydrogen) atoms. The van der Waals surface area contributed by atoms with Crippen molar-refractivity contribution in [3.63, 3.8) is 0 Å². The first kappa shape index (κ1) is 14.1. The molecule has 0 saturated heterocycles. The number of anilines is 2. The Morgan fingerprint density at radius 3 is 2.41 bits per heavy atom. The van der Waals surface area contributed by atoms with Crippen LogP contribution in [0.3, 0.4) is 0 Å². The van der Waals surface area contributed by atoms with Gasteiger partial charge in [-0.05, 0) is 36.4 Å². The van der Waals surface area contributed by atoms with E-state index in [9.17, 15) is 13.2 Å². The number of nitrogens with one attached hydrogen (secondary N) is 1. The highest BCUT2D eigenvalue weighted by molar-refractivity contribution is 5.54. The molecule has 0 unspecified atom stereocenters. The summed E-state index contributed by atoms with van der Waals surface area (Å²) in [5, 5.41) is 7.32. The number of hydrogen-bond acceptors (Lipinski definition) is 3. The van der Waals surface area contributed by atoms with E-state index in [0.717, 1.165) is 17.8 Å². The number of pyridine rings is 1. The zero-order chi connectivity index (χ0) is 15.6. The Morgan fingerprint density at radius 1 is 1.00 bits per heavy atom. The largest absolute Gasteiger partial charge is 0.416 e. The number of aromatic nitrogens is 3. The highest BCUT2D eigenvalue weighted by atomic mass is 19.4. The minimum absolute atomic E-state index is 0.548. The van der Waals surface area contributed by atoms with Crippen LogP contribution in [0.4, 0.5) is 24.7 Å². The summed E-state index contributed by atoms with van der Waals surface area (Å²) in [7, 11) is 0. The van der Waals surface area contributed by atoms with Crippen LogP contribution < -0.4 is 5.32 Å². The second-order valence-electron chi connectivity index (χ2n) is 4.56. The molecule has 0 aliphatic carbocycles. The van der Waals surface area contributed by atoms with Gasteiger partial charge in [0.15, 0.2) is 5.82 Å². The van der Waals surface area contributed by atoms with E-state index >= 15 is 0 Å². The van der Waals surface area contributed by atoms with E-state index in [-0.39, 0.29) is 0 Å². The van der Waals surface area contributed by atoms with Crippen LogP contribution in [0, 0.1) is 0 Å². The maximum Gasteiger partial charge on any atom is 0.416 e. The molecular weight excluding hydrogens is 293 g/mol. The molecule has 2 heterocycles. The fourth-order valence-electron chi connectivity index (χ4n) is 1.92. The van der Waals surface area contributed by atoms with Gasteiger partial charge in [0.25, 0.3) is 0 Å². The fourth-order valence-corrected chi connectivity index (χ4v) is 1.92. The summed E-state index contributed by atoms with van der Waals surface area (Å²) < 4.78 is 39.1. The van der Waals surface area contributed by atoms with Crippen molar-refractivity contribution >= 4 is 11.5 Å². The molecule has 3 rings (SSSR count). The zero-order valence-corrected chi connectivity index (χ0v) is 11.2. The smallest absolute Gasteiger partial charge is 0.337 e. The molecule has 0 fully saturated rings. The van der Waals surface area contributed by atoms with Gasteiger partial charge in [0.1, 0.15) is 0 Å². The molecule has 7 heteroatoms. The number of nitrogens with zero attached hydrogens (tertiary/aromatic N) is 3. The molecule has 1 N–H and O–H groups in total. The lowest BCUT2D eigenvalue weighted by molar-refractivity contribution is -0.137. The third kappa shape index (κ3) is 3.08. The molecule has 3 aromatic rings. The van der Waals surface area contributed by atoms with Crippen LogP contribution in [0.15, 0.2) is 61.1 Å². The number of benzene rings is 1. The summed E-state index contributed by atoms with van der Waals surface area (Å²) in [6.07, 6.45) is 0.639. The van der Waals surface area contributed by atoms with Crippen LogP contribution in [-0.4, -0.2) is 14.8 Å². The lowest BCUT2D eigenvalue weighted by Crippen LogP contribution is -2.05. The lowest BCUT2D eigenvalue weighted by Gasteiger charge is -2.07. The molecule has 0 atom stereocenters. The molecule has 0 amide bonds. The van der Waals surface area contributed by atoms with E-state index in [1.807, 2.05) is 6.07 Å². The van der Waals surface area contributed by atoms with Crippen molar-refractivity contribution < 1.29 is 13.2 Å². The van der Waals surface area contributed by atoms with Gasteiger partial charge in [-0.2, -0.15) is 18.3 Å². The molecule has 0 radical (unpaired) electrons. The van der Waals surface area contributed by atoms with Crippen molar-refractivity contribution in [2.24, 2.45) is 0 Å². The summed E-state index contributed by atoms with van der Waals surface area (Å²) in [4.78, 5) is 3.97. The molecule has 0 aliphatic rings. The minimum Gasteiger partial charge on any atom is -0.337 e. The average molecular weight is 304 g/mol. The van der Waals surface area contributed by atoms with Crippen molar-refractivity contribution in [3.8, 4) is 5.69 Å². The summed E-state index contributed by atoms with van der Waals surface area (Å²) >= 11 is 0. The standard InChI is InChI=1S/C15H11F3N4/c16-15(17,18)11-3-5-13(6-4-11)22-9-7-14(21-22)20-12-2-1-8-19-10-12/h1-10H,(H,20,21). The Morgan fingerprint density at radius 2 is 1.77 bits per heavy atom. The minimum atomic E-state index is -4.34. The molecule has 2 aromatic heterocycles. The molecule has 0 saturated carbocycles. The highest BCUT2D eigenvalue weighted by Crippen LogP contribution is 2.29. The third-order valence-electron chi connectivity index (χ3n) is 2.98. The number of rotatable bonds is 3. The summed E-state index contributed by atoms with van der Waals surface area (Å²) in [6.45, 7) is 0. The first-order valence-electron chi connectivity index (χ1n) is 6.43. The number of hydrogen-bond donors (Lipinski definition) is 1. The Kier molecular flexibility index (Phi) is 3.54. The summed E-state index contributed by atoms with van der Waals surface area (Å²) in [5.41, 5.74) is 0.643. The molecule has 0 bridgehead atoms. The van der Waals surface area contributed by atoms with E-state index in [4.69, 9.17) is 0 Å². The van der Waals surface area contributed by atoms with Crippen LogP contribution >= 0.6 is 0 Å². The third-order valence-corrected chi connectivity index (χ3v) is 2.98. The Hall–Kier alpha value is -2.83. The Balaban J connectivity index is 1.79. The molecule has 1 aromatic carbocycles. The summed E-state index contributed by atoms with van der Waals surface area (Å²) in [5.74, 6) is 0.577. The van der Waals surface area contributed by atoms with Crippen molar-refractivity contribution in [2.45, 2.75) is 6.18 Å². The normalized spacial score (nSPS) is 11.4. The number of halogens is 3. The average Bonchev–Trinajstić information content (AvgIpc) is 2.96. The van der Waals surface area contributed by atoms with E-state index in [0.29, 0.717) is 11.5 Å². The first-order valence-corrected chi connectivity index (χ1v) is 6.43. The van der Waals surface area contributed by atoms with Crippen LogP contribution in [0.5, 0.6) is 0 Å². The Labute approximate surface area is 124 Å². The van der Waals surface area contributed by atoms with Gasteiger partial charge in [-0.3, -0.25) is 4.98 Å². The zero-order valence-electron chi connectivity index (χ0n) is 11.2. The van der Waals surface area contributed by atoms with Crippen molar-refractivity contribution in [1.82, 2.24) is 14.8 Å². The predicted molar refractivity (Wildman–Crippen MR) is 76.1 cm³/mol. The molecule has 4 nitrogen and oxygen atoms in total. The van der Waals surface area contributed by atoms with Crippen LogP contribution in [0.2, 0.25) is 0 Å². The van der Waals surface area contributed by atoms with Crippen LogP contribution in [0.1, 0.15) is 5.56 Å². The van der Waals surface area contributed by atoms with Gasteiger partial charge < -0.3 is 5.32 Å². The van der Waals surface area contributed by atoms with Gasteiger partial charge in [0, 0.05) is 18.5 Å². The molecule has 0 aliphatic heterocycles. The van der Waals surface area contributed by atoms with Gasteiger partial charge in [0.05, 0.1) is 23.1 Å². The maximum absolute atomic E-state index is 12.5. The van der Waals surface area contributed by atoms with Gasteiger partial charge in [-0.1, -0.05) is 0 Å². The molecule has 112 valence electrons.